The number of rotatable bonds is 5. The summed E-state index contributed by atoms with van der Waals surface area (Å²) in [5.74, 6) is -0.949. The molecule has 0 bridgehead atoms. The van der Waals surface area contributed by atoms with E-state index < -0.39 is 20.4 Å². The van der Waals surface area contributed by atoms with Crippen LogP contribution in [0.1, 0.15) is 12.5 Å². The molecular formula is C11H17F2NSi. The average Bonchev–Trinajstić information content (AvgIpc) is 2.22. The highest BCUT2D eigenvalue weighted by molar-refractivity contribution is 6.58. The van der Waals surface area contributed by atoms with Crippen molar-refractivity contribution in [2.45, 2.75) is 25.4 Å². The van der Waals surface area contributed by atoms with Gasteiger partial charge in [0.25, 0.3) is 0 Å². The van der Waals surface area contributed by atoms with Gasteiger partial charge in [-0.05, 0) is 24.2 Å². The van der Waals surface area contributed by atoms with Gasteiger partial charge in [0, 0.05) is 6.07 Å². The van der Waals surface area contributed by atoms with E-state index in [0.717, 1.165) is 24.3 Å². The molecule has 0 fully saturated rings. The summed E-state index contributed by atoms with van der Waals surface area (Å²) in [6, 6.07) is 5.92. The Bertz CT molecular complexity index is 313. The average molecular weight is 229 g/mol. The van der Waals surface area contributed by atoms with Crippen LogP contribution in [0.2, 0.25) is 12.1 Å². The van der Waals surface area contributed by atoms with E-state index in [2.05, 4.69) is 6.92 Å². The van der Waals surface area contributed by atoms with Gasteiger partial charge >= 0.3 is 0 Å². The van der Waals surface area contributed by atoms with Gasteiger partial charge in [0.15, 0.2) is 0 Å². The molecule has 0 saturated carbocycles. The van der Waals surface area contributed by atoms with Gasteiger partial charge in [-0.3, -0.25) is 0 Å². The number of hydrogen-bond acceptors (Lipinski definition) is 1. The quantitative estimate of drug-likeness (QED) is 0.770. The number of halogens is 2. The molecule has 0 saturated heterocycles. The minimum absolute atomic E-state index is 0.434. The lowest BCUT2D eigenvalue weighted by molar-refractivity contribution is 0.573. The standard InChI is InChI=1S/C11H17F2NSi/c1-2-15(8-14)6-5-9-3-4-10(12)7-11(9)13/h3-4,7,15H,2,5-6,8,14H2,1H3. The summed E-state index contributed by atoms with van der Waals surface area (Å²) in [5, 5.41) is 0. The third kappa shape index (κ3) is 3.72. The fraction of sp³-hybridized carbons (Fsp3) is 0.455. The van der Waals surface area contributed by atoms with Crippen molar-refractivity contribution >= 4 is 8.80 Å². The molecule has 1 atom stereocenters. The zero-order valence-corrected chi connectivity index (χ0v) is 10.1. The van der Waals surface area contributed by atoms with Gasteiger partial charge in [-0.2, -0.15) is 0 Å². The van der Waals surface area contributed by atoms with Crippen molar-refractivity contribution in [1.82, 2.24) is 0 Å². The van der Waals surface area contributed by atoms with E-state index in [1.54, 1.807) is 0 Å². The molecule has 0 heterocycles. The van der Waals surface area contributed by atoms with Gasteiger partial charge in [0.1, 0.15) is 11.6 Å². The predicted molar refractivity (Wildman–Crippen MR) is 61.6 cm³/mol. The molecule has 4 heteroatoms. The molecule has 15 heavy (non-hydrogen) atoms. The fourth-order valence-electron chi connectivity index (χ4n) is 1.57. The number of aryl methyl sites for hydroxylation is 1. The van der Waals surface area contributed by atoms with Crippen molar-refractivity contribution in [3.8, 4) is 0 Å². The minimum atomic E-state index is -0.877. The minimum Gasteiger partial charge on any atom is -0.333 e. The van der Waals surface area contributed by atoms with E-state index in [1.807, 2.05) is 0 Å². The molecule has 0 aliphatic rings. The third-order valence-electron chi connectivity index (χ3n) is 2.75. The summed E-state index contributed by atoms with van der Waals surface area (Å²) in [6.45, 7) is 2.13. The van der Waals surface area contributed by atoms with Crippen molar-refractivity contribution in [3.63, 3.8) is 0 Å². The summed E-state index contributed by atoms with van der Waals surface area (Å²) < 4.78 is 25.9. The Hall–Kier alpha value is -0.743. The lowest BCUT2D eigenvalue weighted by atomic mass is 10.1. The van der Waals surface area contributed by atoms with Crippen molar-refractivity contribution in [2.24, 2.45) is 5.73 Å². The smallest absolute Gasteiger partial charge is 0.129 e. The van der Waals surface area contributed by atoms with Crippen LogP contribution in [0.5, 0.6) is 0 Å². The summed E-state index contributed by atoms with van der Waals surface area (Å²) in [6.07, 6.45) is 1.45. The Morgan fingerprint density at radius 1 is 1.33 bits per heavy atom. The normalized spacial score (nSPS) is 12.8. The van der Waals surface area contributed by atoms with E-state index in [4.69, 9.17) is 5.73 Å². The second-order valence-corrected chi connectivity index (χ2v) is 7.38. The Balaban J connectivity index is 2.57. The first-order valence-corrected chi connectivity index (χ1v) is 7.76. The summed E-state index contributed by atoms with van der Waals surface area (Å²) in [7, 11) is -0.877. The molecule has 1 aromatic carbocycles. The molecule has 0 aliphatic carbocycles. The zero-order chi connectivity index (χ0) is 11.3. The first-order chi connectivity index (χ1) is 7.17. The number of hydrogen-bond donors (Lipinski definition) is 1. The van der Waals surface area contributed by atoms with Gasteiger partial charge in [-0.15, -0.1) is 0 Å². The molecular weight excluding hydrogens is 212 g/mol. The summed E-state index contributed by atoms with van der Waals surface area (Å²) in [4.78, 5) is 0. The number of benzene rings is 1. The van der Waals surface area contributed by atoms with Crippen molar-refractivity contribution in [1.29, 1.82) is 0 Å². The van der Waals surface area contributed by atoms with Crippen LogP contribution in [0.15, 0.2) is 18.2 Å². The maximum Gasteiger partial charge on any atom is 0.129 e. The van der Waals surface area contributed by atoms with E-state index >= 15 is 0 Å². The zero-order valence-electron chi connectivity index (χ0n) is 8.97. The molecule has 0 radical (unpaired) electrons. The van der Waals surface area contributed by atoms with Gasteiger partial charge < -0.3 is 5.73 Å². The van der Waals surface area contributed by atoms with E-state index in [9.17, 15) is 8.78 Å². The van der Waals surface area contributed by atoms with Crippen LogP contribution in [0.25, 0.3) is 0 Å². The van der Waals surface area contributed by atoms with Gasteiger partial charge in [-0.1, -0.05) is 25.1 Å². The van der Waals surface area contributed by atoms with Crippen LogP contribution >= 0.6 is 0 Å². The summed E-state index contributed by atoms with van der Waals surface area (Å²) >= 11 is 0. The maximum atomic E-state index is 13.3. The lowest BCUT2D eigenvalue weighted by Gasteiger charge is -2.10. The number of nitrogens with two attached hydrogens (primary N) is 1. The Morgan fingerprint density at radius 2 is 2.07 bits per heavy atom. The highest BCUT2D eigenvalue weighted by atomic mass is 28.3. The third-order valence-corrected chi connectivity index (χ3v) is 5.67. The summed E-state index contributed by atoms with van der Waals surface area (Å²) in [5.41, 5.74) is 6.22. The van der Waals surface area contributed by atoms with E-state index in [1.165, 1.54) is 12.1 Å². The Morgan fingerprint density at radius 3 is 2.60 bits per heavy atom. The first kappa shape index (κ1) is 12.3. The highest BCUT2D eigenvalue weighted by Gasteiger charge is 2.09. The van der Waals surface area contributed by atoms with Crippen LogP contribution in [-0.4, -0.2) is 15.0 Å². The fourth-order valence-corrected chi connectivity index (χ4v) is 3.27. The highest BCUT2D eigenvalue weighted by Crippen LogP contribution is 2.13. The van der Waals surface area contributed by atoms with E-state index in [-0.39, 0.29) is 0 Å². The second-order valence-electron chi connectivity index (χ2n) is 3.78. The van der Waals surface area contributed by atoms with Crippen LogP contribution in [-0.2, 0) is 6.42 Å². The van der Waals surface area contributed by atoms with Crippen LogP contribution < -0.4 is 5.73 Å². The first-order valence-electron chi connectivity index (χ1n) is 5.31. The topological polar surface area (TPSA) is 26.0 Å². The lowest BCUT2D eigenvalue weighted by Crippen LogP contribution is -2.24. The van der Waals surface area contributed by atoms with Crippen molar-refractivity contribution in [3.05, 3.63) is 35.4 Å². The van der Waals surface area contributed by atoms with Gasteiger partial charge in [-0.25, -0.2) is 8.78 Å². The Labute approximate surface area is 90.9 Å². The molecule has 1 aromatic rings. The molecule has 0 aromatic heterocycles. The second kappa shape index (κ2) is 5.98. The largest absolute Gasteiger partial charge is 0.333 e. The monoisotopic (exact) mass is 229 g/mol. The molecule has 2 N–H and O–H groups in total. The van der Waals surface area contributed by atoms with Crippen molar-refractivity contribution < 1.29 is 8.78 Å². The molecule has 84 valence electrons. The molecule has 0 aliphatic heterocycles. The molecule has 1 nitrogen and oxygen atoms in total. The van der Waals surface area contributed by atoms with Crippen LogP contribution in [0.3, 0.4) is 0 Å². The molecule has 1 rings (SSSR count). The molecule has 0 amide bonds. The predicted octanol–water partition coefficient (Wildman–Crippen LogP) is 2.25. The van der Waals surface area contributed by atoms with Crippen LogP contribution in [0, 0.1) is 11.6 Å². The van der Waals surface area contributed by atoms with Gasteiger partial charge in [0.2, 0.25) is 0 Å². The maximum absolute atomic E-state index is 13.3. The van der Waals surface area contributed by atoms with Gasteiger partial charge in [0.05, 0.1) is 8.80 Å². The Kier molecular flexibility index (Phi) is 4.91. The molecule has 0 spiro atoms. The van der Waals surface area contributed by atoms with E-state index in [0.29, 0.717) is 12.0 Å². The molecule has 1 unspecified atom stereocenters. The SMILES string of the molecule is CC[SiH](CN)CCc1ccc(F)cc1F. The van der Waals surface area contributed by atoms with Crippen molar-refractivity contribution in [2.75, 3.05) is 6.17 Å². The van der Waals surface area contributed by atoms with Crippen LogP contribution in [0.4, 0.5) is 8.78 Å².